The Labute approximate surface area is 172 Å². The molecule has 0 amide bonds. The van der Waals surface area contributed by atoms with Gasteiger partial charge in [0.1, 0.15) is 6.10 Å². The number of carbonyl (C=O) groups is 2. The van der Waals surface area contributed by atoms with Crippen molar-refractivity contribution in [3.8, 4) is 0 Å². The molecule has 0 bridgehead atoms. The predicted octanol–water partition coefficient (Wildman–Crippen LogP) is 6.76. The molecule has 1 unspecified atom stereocenters. The highest BCUT2D eigenvalue weighted by molar-refractivity contribution is 5.74. The first-order valence-electron chi connectivity index (χ1n) is 11.9. The fraction of sp³-hybridized carbons (Fsp3) is 0.917. The van der Waals surface area contributed by atoms with Crippen molar-refractivity contribution in [2.45, 2.75) is 123 Å². The van der Waals surface area contributed by atoms with Crippen molar-refractivity contribution >= 4 is 11.9 Å². The van der Waals surface area contributed by atoms with Crippen molar-refractivity contribution in [3.05, 3.63) is 0 Å². The Kier molecular flexibility index (Phi) is 13.3. The second-order valence-electron chi connectivity index (χ2n) is 9.18. The van der Waals surface area contributed by atoms with Crippen LogP contribution in [0.5, 0.6) is 0 Å². The van der Waals surface area contributed by atoms with Gasteiger partial charge >= 0.3 is 11.9 Å². The average molecular weight is 397 g/mol. The van der Waals surface area contributed by atoms with Gasteiger partial charge < -0.3 is 9.84 Å². The zero-order chi connectivity index (χ0) is 20.8. The summed E-state index contributed by atoms with van der Waals surface area (Å²) < 4.78 is 5.92. The summed E-state index contributed by atoms with van der Waals surface area (Å²) >= 11 is 0. The van der Waals surface area contributed by atoms with Crippen molar-refractivity contribution in [3.63, 3.8) is 0 Å². The van der Waals surface area contributed by atoms with E-state index in [0.717, 1.165) is 31.6 Å². The highest BCUT2D eigenvalue weighted by atomic mass is 16.5. The Morgan fingerprint density at radius 2 is 1.32 bits per heavy atom. The van der Waals surface area contributed by atoms with Gasteiger partial charge in [-0.3, -0.25) is 9.59 Å². The van der Waals surface area contributed by atoms with Crippen LogP contribution in [-0.2, 0) is 14.3 Å². The number of aliphatic carboxylic acids is 1. The molecule has 1 N–H and O–H groups in total. The maximum absolute atomic E-state index is 12.6. The van der Waals surface area contributed by atoms with Crippen molar-refractivity contribution in [1.29, 1.82) is 0 Å². The molecule has 1 aliphatic rings. The summed E-state index contributed by atoms with van der Waals surface area (Å²) in [5.41, 5.74) is 0. The van der Waals surface area contributed by atoms with Gasteiger partial charge in [0.25, 0.3) is 0 Å². The first kappa shape index (κ1) is 25.0. The van der Waals surface area contributed by atoms with E-state index in [2.05, 4.69) is 20.8 Å². The molecule has 1 aliphatic carbocycles. The Balaban J connectivity index is 2.36. The topological polar surface area (TPSA) is 63.6 Å². The van der Waals surface area contributed by atoms with Crippen molar-refractivity contribution in [2.75, 3.05) is 0 Å². The number of unbranched alkanes of at least 4 members (excludes halogenated alkanes) is 6. The molecule has 0 aliphatic heterocycles. The molecule has 0 aromatic carbocycles. The molecule has 164 valence electrons. The summed E-state index contributed by atoms with van der Waals surface area (Å²) in [6, 6.07) is 0. The second-order valence-corrected chi connectivity index (χ2v) is 9.18. The highest BCUT2D eigenvalue weighted by Gasteiger charge is 2.31. The molecule has 0 spiro atoms. The molecule has 0 saturated heterocycles. The summed E-state index contributed by atoms with van der Waals surface area (Å²) in [7, 11) is 0. The van der Waals surface area contributed by atoms with Crippen molar-refractivity contribution in [2.24, 2.45) is 17.8 Å². The van der Waals surface area contributed by atoms with Crippen LogP contribution >= 0.6 is 0 Å². The van der Waals surface area contributed by atoms with E-state index >= 15 is 0 Å². The van der Waals surface area contributed by atoms with E-state index in [4.69, 9.17) is 9.84 Å². The second kappa shape index (κ2) is 14.9. The molecule has 28 heavy (non-hydrogen) atoms. The zero-order valence-electron chi connectivity index (χ0n) is 18.6. The van der Waals surface area contributed by atoms with Crippen LogP contribution in [0.3, 0.4) is 0 Å². The van der Waals surface area contributed by atoms with E-state index in [1.807, 2.05) is 0 Å². The first-order valence-corrected chi connectivity index (χ1v) is 11.9. The third-order valence-corrected chi connectivity index (χ3v) is 6.13. The first-order chi connectivity index (χ1) is 13.4. The van der Waals surface area contributed by atoms with E-state index < -0.39 is 5.97 Å². The number of carboxylic acid groups (broad SMARTS) is 1. The lowest BCUT2D eigenvalue weighted by Crippen LogP contribution is -2.29. The highest BCUT2D eigenvalue weighted by Crippen LogP contribution is 2.30. The smallest absolute Gasteiger partial charge is 0.309 e. The molecule has 0 radical (unpaired) electrons. The Morgan fingerprint density at radius 1 is 0.821 bits per heavy atom. The fourth-order valence-electron chi connectivity index (χ4n) is 4.18. The number of carbonyl (C=O) groups excluding carboxylic acids is 1. The minimum absolute atomic E-state index is 0.0478. The minimum Gasteiger partial charge on any atom is -0.481 e. The monoisotopic (exact) mass is 396 g/mol. The SMILES string of the molecule is CCCCCCC(CCCCCCC(C)C)OC(=O)C1CCC(C(=O)O)CC1. The van der Waals surface area contributed by atoms with Gasteiger partial charge in [0.2, 0.25) is 0 Å². The number of rotatable bonds is 15. The standard InChI is InChI=1S/C24H44O4/c1-4-5-6-10-13-22(14-11-8-7-9-12-19(2)3)28-24(27)21-17-15-20(16-18-21)23(25)26/h19-22H,4-18H2,1-3H3,(H,25,26). The lowest BCUT2D eigenvalue weighted by Gasteiger charge is -2.27. The largest absolute Gasteiger partial charge is 0.481 e. The van der Waals surface area contributed by atoms with Gasteiger partial charge in [0.15, 0.2) is 0 Å². The van der Waals surface area contributed by atoms with E-state index in [1.54, 1.807) is 0 Å². The molecule has 4 nitrogen and oxygen atoms in total. The van der Waals surface area contributed by atoms with Crippen LogP contribution < -0.4 is 0 Å². The molecule has 0 heterocycles. The summed E-state index contributed by atoms with van der Waals surface area (Å²) in [5.74, 6) is -0.398. The number of esters is 1. The van der Waals surface area contributed by atoms with E-state index in [1.165, 1.54) is 44.9 Å². The molecular weight excluding hydrogens is 352 g/mol. The van der Waals surface area contributed by atoms with Crippen LogP contribution in [0.15, 0.2) is 0 Å². The van der Waals surface area contributed by atoms with Crippen LogP contribution in [0.2, 0.25) is 0 Å². The van der Waals surface area contributed by atoms with Crippen LogP contribution in [0.1, 0.15) is 117 Å². The van der Waals surface area contributed by atoms with Crippen molar-refractivity contribution in [1.82, 2.24) is 0 Å². The van der Waals surface area contributed by atoms with Crippen molar-refractivity contribution < 1.29 is 19.4 Å². The molecule has 1 saturated carbocycles. The molecule has 1 fully saturated rings. The molecule has 0 aromatic heterocycles. The van der Waals surface area contributed by atoms with E-state index in [-0.39, 0.29) is 23.9 Å². The zero-order valence-corrected chi connectivity index (χ0v) is 18.6. The summed E-state index contributed by atoms with van der Waals surface area (Å²) in [5, 5.41) is 9.12. The number of hydrogen-bond acceptors (Lipinski definition) is 3. The molecule has 0 aromatic rings. The quantitative estimate of drug-likeness (QED) is 0.245. The van der Waals surface area contributed by atoms with Crippen LogP contribution in [0.25, 0.3) is 0 Å². The third-order valence-electron chi connectivity index (χ3n) is 6.13. The predicted molar refractivity (Wildman–Crippen MR) is 114 cm³/mol. The van der Waals surface area contributed by atoms with Crippen LogP contribution in [-0.4, -0.2) is 23.1 Å². The number of carboxylic acids is 1. The van der Waals surface area contributed by atoms with E-state index in [9.17, 15) is 9.59 Å². The maximum atomic E-state index is 12.6. The van der Waals surface area contributed by atoms with Gasteiger partial charge in [-0.05, 0) is 57.3 Å². The molecule has 1 atom stereocenters. The van der Waals surface area contributed by atoms with Gasteiger partial charge in [0, 0.05) is 0 Å². The molecule has 1 rings (SSSR count). The lowest BCUT2D eigenvalue weighted by molar-refractivity contribution is -0.158. The normalized spacial score (nSPS) is 20.9. The summed E-state index contributed by atoms with van der Waals surface area (Å²) in [4.78, 5) is 23.7. The van der Waals surface area contributed by atoms with Gasteiger partial charge in [-0.2, -0.15) is 0 Å². The van der Waals surface area contributed by atoms with Gasteiger partial charge in [0.05, 0.1) is 11.8 Å². The third kappa shape index (κ3) is 11.1. The van der Waals surface area contributed by atoms with Gasteiger partial charge in [-0.1, -0.05) is 65.7 Å². The number of hydrogen-bond donors (Lipinski definition) is 1. The minimum atomic E-state index is -0.724. The number of ether oxygens (including phenoxy) is 1. The van der Waals surface area contributed by atoms with Gasteiger partial charge in [-0.25, -0.2) is 0 Å². The fourth-order valence-corrected chi connectivity index (χ4v) is 4.18. The molecular formula is C24H44O4. The van der Waals surface area contributed by atoms with Crippen LogP contribution in [0, 0.1) is 17.8 Å². The molecule has 4 heteroatoms. The Morgan fingerprint density at radius 3 is 1.82 bits per heavy atom. The Bertz CT molecular complexity index is 424. The average Bonchev–Trinajstić information content (AvgIpc) is 2.67. The summed E-state index contributed by atoms with van der Waals surface area (Å²) in [6.45, 7) is 6.76. The summed E-state index contributed by atoms with van der Waals surface area (Å²) in [6.07, 6.45) is 15.6. The Hall–Kier alpha value is -1.06. The van der Waals surface area contributed by atoms with Crippen LogP contribution in [0.4, 0.5) is 0 Å². The lowest BCUT2D eigenvalue weighted by atomic mass is 9.82. The maximum Gasteiger partial charge on any atom is 0.309 e. The van der Waals surface area contributed by atoms with E-state index in [0.29, 0.717) is 25.7 Å². The van der Waals surface area contributed by atoms with Gasteiger partial charge in [-0.15, -0.1) is 0 Å².